The van der Waals surface area contributed by atoms with E-state index in [2.05, 4.69) is 5.32 Å². The highest BCUT2D eigenvalue weighted by Crippen LogP contribution is 2.21. The maximum absolute atomic E-state index is 13.1. The van der Waals surface area contributed by atoms with Crippen molar-refractivity contribution in [2.45, 2.75) is 46.3 Å². The first-order chi connectivity index (χ1) is 9.71. The number of rotatable bonds is 6. The number of aliphatic hydroxyl groups is 1. The molecule has 0 aliphatic carbocycles. The second kappa shape index (κ2) is 7.41. The summed E-state index contributed by atoms with van der Waals surface area (Å²) in [6.45, 7) is 7.57. The van der Waals surface area contributed by atoms with Crippen LogP contribution in [0.2, 0.25) is 0 Å². The zero-order chi connectivity index (χ0) is 16.0. The lowest BCUT2D eigenvalue weighted by molar-refractivity contribution is -0.128. The van der Waals surface area contributed by atoms with Gasteiger partial charge in [0.2, 0.25) is 0 Å². The highest BCUT2D eigenvalue weighted by atomic mass is 19.1. The van der Waals surface area contributed by atoms with Gasteiger partial charge >= 0.3 is 0 Å². The van der Waals surface area contributed by atoms with Gasteiger partial charge in [-0.05, 0) is 30.9 Å². The van der Waals surface area contributed by atoms with Crippen molar-refractivity contribution in [3.63, 3.8) is 0 Å². The average molecular weight is 297 g/mol. The van der Waals surface area contributed by atoms with Gasteiger partial charge in [-0.15, -0.1) is 0 Å². The van der Waals surface area contributed by atoms with Gasteiger partial charge < -0.3 is 15.2 Å². The Labute approximate surface area is 125 Å². The van der Waals surface area contributed by atoms with Crippen molar-refractivity contribution >= 4 is 5.91 Å². The molecule has 0 bridgehead atoms. The van der Waals surface area contributed by atoms with Gasteiger partial charge in [-0.3, -0.25) is 4.79 Å². The molecule has 2 atom stereocenters. The number of carbonyl (C=O) groups excluding carboxylic acids is 1. The van der Waals surface area contributed by atoms with Gasteiger partial charge in [-0.25, -0.2) is 4.39 Å². The molecule has 0 aliphatic heterocycles. The number of ether oxygens (including phenoxy) is 1. The molecule has 4 nitrogen and oxygen atoms in total. The lowest BCUT2D eigenvalue weighted by atomic mass is 9.88. The lowest BCUT2D eigenvalue weighted by Gasteiger charge is -2.26. The zero-order valence-corrected chi connectivity index (χ0v) is 13.0. The lowest BCUT2D eigenvalue weighted by Crippen LogP contribution is -2.45. The second-order valence-corrected chi connectivity index (χ2v) is 6.37. The molecule has 21 heavy (non-hydrogen) atoms. The Bertz CT molecular complexity index is 471. The number of halogens is 1. The summed E-state index contributed by atoms with van der Waals surface area (Å²) >= 11 is 0. The first-order valence-corrected chi connectivity index (χ1v) is 7.05. The van der Waals surface area contributed by atoms with Crippen LogP contribution in [0.3, 0.4) is 0 Å². The standard InChI is InChI=1S/C16H24FNO3/c1-11(21-14-7-5-6-12(17)8-14)15(20)18-13(10-19)9-16(2,3)4/h5-8,11,13,19H,9-10H2,1-4H3,(H,18,20). The number of benzene rings is 1. The van der Waals surface area contributed by atoms with Crippen molar-refractivity contribution in [3.8, 4) is 5.75 Å². The van der Waals surface area contributed by atoms with E-state index in [4.69, 9.17) is 4.74 Å². The van der Waals surface area contributed by atoms with Crippen molar-refractivity contribution in [2.24, 2.45) is 5.41 Å². The molecule has 118 valence electrons. The van der Waals surface area contributed by atoms with E-state index in [1.807, 2.05) is 20.8 Å². The Morgan fingerprint density at radius 1 is 1.43 bits per heavy atom. The molecule has 0 spiro atoms. The largest absolute Gasteiger partial charge is 0.481 e. The maximum Gasteiger partial charge on any atom is 0.261 e. The normalized spacial score (nSPS) is 14.4. The fourth-order valence-corrected chi connectivity index (χ4v) is 2.02. The Hall–Kier alpha value is -1.62. The van der Waals surface area contributed by atoms with Crippen molar-refractivity contribution in [1.29, 1.82) is 0 Å². The first kappa shape index (κ1) is 17.4. The van der Waals surface area contributed by atoms with E-state index < -0.39 is 11.9 Å². The van der Waals surface area contributed by atoms with Crippen LogP contribution in [0.25, 0.3) is 0 Å². The highest BCUT2D eigenvalue weighted by Gasteiger charge is 2.23. The molecule has 0 heterocycles. The van der Waals surface area contributed by atoms with Gasteiger partial charge in [0.1, 0.15) is 11.6 Å². The summed E-state index contributed by atoms with van der Waals surface area (Å²) in [7, 11) is 0. The Morgan fingerprint density at radius 2 is 2.10 bits per heavy atom. The van der Waals surface area contributed by atoms with E-state index >= 15 is 0 Å². The summed E-state index contributed by atoms with van der Waals surface area (Å²) in [5.74, 6) is -0.447. The predicted octanol–water partition coefficient (Wildman–Crippen LogP) is 2.51. The smallest absolute Gasteiger partial charge is 0.261 e. The predicted molar refractivity (Wildman–Crippen MR) is 79.6 cm³/mol. The summed E-state index contributed by atoms with van der Waals surface area (Å²) < 4.78 is 18.5. The number of hydrogen-bond donors (Lipinski definition) is 2. The van der Waals surface area contributed by atoms with Crippen molar-refractivity contribution < 1.29 is 19.0 Å². The van der Waals surface area contributed by atoms with E-state index in [-0.39, 0.29) is 24.0 Å². The molecule has 1 aromatic rings. The summed E-state index contributed by atoms with van der Waals surface area (Å²) in [4.78, 5) is 12.0. The quantitative estimate of drug-likeness (QED) is 0.848. The van der Waals surface area contributed by atoms with Crippen LogP contribution in [-0.2, 0) is 4.79 Å². The van der Waals surface area contributed by atoms with Crippen LogP contribution >= 0.6 is 0 Å². The zero-order valence-electron chi connectivity index (χ0n) is 13.0. The molecule has 0 radical (unpaired) electrons. The van der Waals surface area contributed by atoms with E-state index in [0.29, 0.717) is 12.2 Å². The van der Waals surface area contributed by atoms with Crippen LogP contribution in [0.4, 0.5) is 4.39 Å². The van der Waals surface area contributed by atoms with Crippen LogP contribution < -0.4 is 10.1 Å². The molecule has 0 saturated heterocycles. The molecular weight excluding hydrogens is 273 g/mol. The fourth-order valence-electron chi connectivity index (χ4n) is 2.02. The van der Waals surface area contributed by atoms with Gasteiger partial charge in [-0.2, -0.15) is 0 Å². The topological polar surface area (TPSA) is 58.6 Å². The second-order valence-electron chi connectivity index (χ2n) is 6.37. The monoisotopic (exact) mass is 297 g/mol. The van der Waals surface area contributed by atoms with Crippen molar-refractivity contribution in [1.82, 2.24) is 5.32 Å². The fraction of sp³-hybridized carbons (Fsp3) is 0.562. The maximum atomic E-state index is 13.1. The molecule has 1 amide bonds. The Balaban J connectivity index is 2.57. The van der Waals surface area contributed by atoms with Gasteiger partial charge in [-0.1, -0.05) is 26.8 Å². The van der Waals surface area contributed by atoms with E-state index in [0.717, 1.165) is 0 Å². The van der Waals surface area contributed by atoms with Gasteiger partial charge in [0, 0.05) is 6.07 Å². The third-order valence-corrected chi connectivity index (χ3v) is 2.90. The molecule has 0 aromatic heterocycles. The molecule has 1 rings (SSSR count). The molecule has 2 unspecified atom stereocenters. The summed E-state index contributed by atoms with van der Waals surface area (Å²) in [5, 5.41) is 12.1. The van der Waals surface area contributed by atoms with Crippen LogP contribution in [0.15, 0.2) is 24.3 Å². The minimum Gasteiger partial charge on any atom is -0.481 e. The van der Waals surface area contributed by atoms with Crippen molar-refractivity contribution in [3.05, 3.63) is 30.1 Å². The summed E-state index contributed by atoms with van der Waals surface area (Å²) in [6, 6.07) is 5.32. The molecule has 1 aromatic carbocycles. The number of nitrogens with one attached hydrogen (secondary N) is 1. The number of aliphatic hydroxyl groups excluding tert-OH is 1. The third kappa shape index (κ3) is 6.58. The van der Waals surface area contributed by atoms with Crippen LogP contribution in [0, 0.1) is 11.2 Å². The van der Waals surface area contributed by atoms with Gasteiger partial charge in [0.15, 0.2) is 6.10 Å². The number of hydrogen-bond acceptors (Lipinski definition) is 3. The Kier molecular flexibility index (Phi) is 6.15. The van der Waals surface area contributed by atoms with Crippen LogP contribution in [0.1, 0.15) is 34.1 Å². The van der Waals surface area contributed by atoms with E-state index in [1.54, 1.807) is 13.0 Å². The van der Waals surface area contributed by atoms with E-state index in [9.17, 15) is 14.3 Å². The average Bonchev–Trinajstić information content (AvgIpc) is 2.36. The minimum absolute atomic E-state index is 0.00662. The number of carbonyl (C=O) groups is 1. The molecular formula is C16H24FNO3. The highest BCUT2D eigenvalue weighted by molar-refractivity contribution is 5.81. The first-order valence-electron chi connectivity index (χ1n) is 7.05. The molecule has 0 fully saturated rings. The van der Waals surface area contributed by atoms with Gasteiger partial charge in [0.25, 0.3) is 5.91 Å². The molecule has 0 saturated carbocycles. The number of amides is 1. The minimum atomic E-state index is -0.763. The summed E-state index contributed by atoms with van der Waals surface area (Å²) in [5.41, 5.74) is -0.00662. The molecule has 0 aliphatic rings. The molecule has 2 N–H and O–H groups in total. The van der Waals surface area contributed by atoms with E-state index in [1.165, 1.54) is 18.2 Å². The van der Waals surface area contributed by atoms with Crippen molar-refractivity contribution in [2.75, 3.05) is 6.61 Å². The van der Waals surface area contributed by atoms with Crippen LogP contribution in [-0.4, -0.2) is 29.8 Å². The SMILES string of the molecule is CC(Oc1cccc(F)c1)C(=O)NC(CO)CC(C)(C)C. The third-order valence-electron chi connectivity index (χ3n) is 2.90. The summed E-state index contributed by atoms with van der Waals surface area (Å²) in [6.07, 6.45) is -0.108. The molecule has 5 heteroatoms. The van der Waals surface area contributed by atoms with Gasteiger partial charge in [0.05, 0.1) is 12.6 Å². The van der Waals surface area contributed by atoms with Crippen LogP contribution in [0.5, 0.6) is 5.75 Å². The Morgan fingerprint density at radius 3 is 2.62 bits per heavy atom.